The first-order valence-electron chi connectivity index (χ1n) is 10.3. The number of benzene rings is 1. The lowest BCUT2D eigenvalue weighted by molar-refractivity contribution is -0.119. The summed E-state index contributed by atoms with van der Waals surface area (Å²) in [5, 5.41) is 12.6. The summed E-state index contributed by atoms with van der Waals surface area (Å²) in [6, 6.07) is 8.16. The maximum atomic E-state index is 12.1. The van der Waals surface area contributed by atoms with Gasteiger partial charge in [-0.2, -0.15) is 0 Å². The molecular formula is C21H31N5O2S. The maximum absolute atomic E-state index is 12.1. The van der Waals surface area contributed by atoms with E-state index in [1.54, 1.807) is 7.11 Å². The Morgan fingerprint density at radius 3 is 2.45 bits per heavy atom. The second-order valence-corrected chi connectivity index (χ2v) is 8.60. The van der Waals surface area contributed by atoms with Crippen molar-refractivity contribution in [1.29, 1.82) is 0 Å². The van der Waals surface area contributed by atoms with Crippen LogP contribution >= 0.6 is 11.8 Å². The molecule has 0 unspecified atom stereocenters. The molecule has 2 aromatic rings. The summed E-state index contributed by atoms with van der Waals surface area (Å²) in [7, 11) is 1.66. The largest absolute Gasteiger partial charge is 0.497 e. The summed E-state index contributed by atoms with van der Waals surface area (Å²) < 4.78 is 7.37. The average molecular weight is 418 g/mol. The van der Waals surface area contributed by atoms with E-state index in [4.69, 9.17) is 4.74 Å². The van der Waals surface area contributed by atoms with Crippen molar-refractivity contribution < 1.29 is 9.53 Å². The van der Waals surface area contributed by atoms with E-state index in [9.17, 15) is 4.79 Å². The summed E-state index contributed by atoms with van der Waals surface area (Å²) >= 11 is 1.41. The highest BCUT2D eigenvalue weighted by molar-refractivity contribution is 7.99. The summed E-state index contributed by atoms with van der Waals surface area (Å²) in [4.78, 5) is 14.6. The minimum absolute atomic E-state index is 0.0000834. The van der Waals surface area contributed by atoms with Gasteiger partial charge in [0, 0.05) is 11.7 Å². The number of carbonyl (C=O) groups is 1. The fraction of sp³-hybridized carbons (Fsp3) is 0.571. The summed E-state index contributed by atoms with van der Waals surface area (Å²) in [6.07, 6.45) is 3.73. The van der Waals surface area contributed by atoms with E-state index in [2.05, 4.69) is 31.9 Å². The van der Waals surface area contributed by atoms with Crippen LogP contribution < -0.4 is 10.1 Å². The van der Waals surface area contributed by atoms with Gasteiger partial charge in [0.2, 0.25) is 5.91 Å². The Kier molecular flexibility index (Phi) is 7.55. The van der Waals surface area contributed by atoms with Gasteiger partial charge in [0.05, 0.1) is 18.9 Å². The molecule has 158 valence electrons. The fourth-order valence-corrected chi connectivity index (χ4v) is 4.35. The van der Waals surface area contributed by atoms with Crippen LogP contribution in [0, 0.1) is 0 Å². The monoisotopic (exact) mass is 417 g/mol. The van der Waals surface area contributed by atoms with Crippen LogP contribution in [0.25, 0.3) is 5.69 Å². The van der Waals surface area contributed by atoms with Gasteiger partial charge < -0.3 is 10.1 Å². The number of carbonyl (C=O) groups excluding carboxylic acids is 1. The van der Waals surface area contributed by atoms with Crippen molar-refractivity contribution in [3.8, 4) is 11.4 Å². The van der Waals surface area contributed by atoms with Gasteiger partial charge in [-0.1, -0.05) is 18.2 Å². The van der Waals surface area contributed by atoms with Crippen LogP contribution in [-0.2, 0) is 4.79 Å². The number of methoxy groups -OCH3 is 1. The molecule has 1 aromatic carbocycles. The second kappa shape index (κ2) is 10.1. The molecule has 0 radical (unpaired) electrons. The lowest BCUT2D eigenvalue weighted by Gasteiger charge is -2.31. The quantitative estimate of drug-likeness (QED) is 0.664. The molecule has 1 amide bonds. The van der Waals surface area contributed by atoms with Crippen LogP contribution in [0.4, 0.5) is 0 Å². The number of thioether (sulfide) groups is 1. The zero-order valence-electron chi connectivity index (χ0n) is 17.7. The Hall–Kier alpha value is -2.06. The first-order valence-corrected chi connectivity index (χ1v) is 11.2. The summed E-state index contributed by atoms with van der Waals surface area (Å²) in [6.45, 7) is 8.27. The van der Waals surface area contributed by atoms with E-state index >= 15 is 0 Å². The number of likely N-dealkylation sites (tertiary alicyclic amines) is 1. The standard InChI is InChI=1S/C21H31N5O2S/c1-15(2)22-19(27)14-29-21-24-23-20(16(3)25-12-6-5-7-13-25)26(21)17-8-10-18(28-4)11-9-17/h8-11,15-16H,5-7,12-14H2,1-4H3,(H,22,27)/t16-/m1/s1. The van der Waals surface area contributed by atoms with Gasteiger partial charge in [-0.25, -0.2) is 0 Å². The molecule has 2 heterocycles. The number of piperidine rings is 1. The molecule has 1 N–H and O–H groups in total. The third-order valence-electron chi connectivity index (χ3n) is 5.08. The molecule has 1 atom stereocenters. The highest BCUT2D eigenvalue weighted by Crippen LogP contribution is 2.30. The van der Waals surface area contributed by atoms with E-state index in [-0.39, 0.29) is 18.0 Å². The molecule has 0 bridgehead atoms. The second-order valence-electron chi connectivity index (χ2n) is 7.66. The van der Waals surface area contributed by atoms with Gasteiger partial charge >= 0.3 is 0 Å². The average Bonchev–Trinajstić information content (AvgIpc) is 3.16. The van der Waals surface area contributed by atoms with Crippen LogP contribution in [0.3, 0.4) is 0 Å². The third-order valence-corrected chi connectivity index (χ3v) is 6.01. The minimum atomic E-state index is -0.0000834. The van der Waals surface area contributed by atoms with E-state index in [0.717, 1.165) is 35.5 Å². The van der Waals surface area contributed by atoms with Crippen LogP contribution in [0.2, 0.25) is 0 Å². The van der Waals surface area contributed by atoms with Gasteiger partial charge in [-0.15, -0.1) is 10.2 Å². The minimum Gasteiger partial charge on any atom is -0.497 e. The molecule has 1 fully saturated rings. The predicted molar refractivity (Wildman–Crippen MR) is 116 cm³/mol. The van der Waals surface area contributed by atoms with Crippen LogP contribution in [0.1, 0.15) is 51.9 Å². The van der Waals surface area contributed by atoms with E-state index in [1.807, 2.05) is 38.1 Å². The van der Waals surface area contributed by atoms with E-state index in [1.165, 1.54) is 31.0 Å². The number of nitrogens with zero attached hydrogens (tertiary/aromatic N) is 4. The van der Waals surface area contributed by atoms with Crippen molar-refractivity contribution in [2.75, 3.05) is 26.0 Å². The molecule has 1 aromatic heterocycles. The molecule has 0 saturated carbocycles. The number of hydrogen-bond donors (Lipinski definition) is 1. The molecule has 1 aliphatic heterocycles. The fourth-order valence-electron chi connectivity index (χ4n) is 3.58. The number of rotatable bonds is 8. The first kappa shape index (κ1) is 21.6. The number of ether oxygens (including phenoxy) is 1. The van der Waals surface area contributed by atoms with Crippen molar-refractivity contribution in [1.82, 2.24) is 25.0 Å². The molecule has 8 heteroatoms. The molecule has 0 aliphatic carbocycles. The Labute approximate surface area is 177 Å². The molecule has 3 rings (SSSR count). The van der Waals surface area contributed by atoms with Crippen molar-refractivity contribution in [3.05, 3.63) is 30.1 Å². The Morgan fingerprint density at radius 1 is 1.14 bits per heavy atom. The highest BCUT2D eigenvalue weighted by atomic mass is 32.2. The maximum Gasteiger partial charge on any atom is 0.230 e. The van der Waals surface area contributed by atoms with E-state index in [0.29, 0.717) is 5.75 Å². The van der Waals surface area contributed by atoms with Crippen LogP contribution in [0.5, 0.6) is 5.75 Å². The Morgan fingerprint density at radius 2 is 1.83 bits per heavy atom. The number of hydrogen-bond acceptors (Lipinski definition) is 6. The van der Waals surface area contributed by atoms with Gasteiger partial charge in [-0.3, -0.25) is 14.3 Å². The molecule has 29 heavy (non-hydrogen) atoms. The molecular weight excluding hydrogens is 386 g/mol. The smallest absolute Gasteiger partial charge is 0.230 e. The van der Waals surface area contributed by atoms with Crippen molar-refractivity contribution in [2.45, 2.75) is 57.3 Å². The predicted octanol–water partition coefficient (Wildman–Crippen LogP) is 3.44. The Bertz CT molecular complexity index is 800. The van der Waals surface area contributed by atoms with E-state index < -0.39 is 0 Å². The van der Waals surface area contributed by atoms with Gasteiger partial charge in [0.25, 0.3) is 0 Å². The summed E-state index contributed by atoms with van der Waals surface area (Å²) in [5.74, 6) is 2.02. The lowest BCUT2D eigenvalue weighted by atomic mass is 10.1. The summed E-state index contributed by atoms with van der Waals surface area (Å²) in [5.41, 5.74) is 0.974. The number of aromatic nitrogens is 3. The molecule has 7 nitrogen and oxygen atoms in total. The van der Waals surface area contributed by atoms with Gasteiger partial charge in [0.1, 0.15) is 5.75 Å². The normalized spacial score (nSPS) is 16.0. The van der Waals surface area contributed by atoms with Gasteiger partial charge in [0.15, 0.2) is 11.0 Å². The Balaban J connectivity index is 1.88. The van der Waals surface area contributed by atoms with Crippen LogP contribution in [-0.4, -0.2) is 57.6 Å². The topological polar surface area (TPSA) is 72.3 Å². The zero-order valence-corrected chi connectivity index (χ0v) is 18.5. The van der Waals surface area contributed by atoms with Crippen molar-refractivity contribution in [2.24, 2.45) is 0 Å². The third kappa shape index (κ3) is 5.51. The number of nitrogens with one attached hydrogen (secondary N) is 1. The SMILES string of the molecule is COc1ccc(-n2c(SCC(=O)NC(C)C)nnc2[C@@H](C)N2CCCCC2)cc1. The molecule has 1 aliphatic rings. The molecule has 0 spiro atoms. The lowest BCUT2D eigenvalue weighted by Crippen LogP contribution is -2.33. The number of amides is 1. The van der Waals surface area contributed by atoms with Crippen molar-refractivity contribution >= 4 is 17.7 Å². The van der Waals surface area contributed by atoms with Crippen LogP contribution in [0.15, 0.2) is 29.4 Å². The zero-order chi connectivity index (χ0) is 20.8. The van der Waals surface area contributed by atoms with Crippen molar-refractivity contribution in [3.63, 3.8) is 0 Å². The molecule has 1 saturated heterocycles. The van der Waals surface area contributed by atoms with Gasteiger partial charge in [-0.05, 0) is 71.0 Å². The first-order chi connectivity index (χ1) is 14.0. The highest BCUT2D eigenvalue weighted by Gasteiger charge is 2.25.